The van der Waals surface area contributed by atoms with Gasteiger partial charge < -0.3 is 15.4 Å². The van der Waals surface area contributed by atoms with Crippen molar-refractivity contribution in [3.05, 3.63) is 34.9 Å². The van der Waals surface area contributed by atoms with Crippen LogP contribution in [0.4, 0.5) is 0 Å². The summed E-state index contributed by atoms with van der Waals surface area (Å²) in [6, 6.07) is 7.95. The molecule has 1 aromatic rings. The lowest BCUT2D eigenvalue weighted by molar-refractivity contribution is 0.144. The molecule has 0 aliphatic carbocycles. The minimum atomic E-state index is 0. The monoisotopic (exact) mass is 453 g/mol. The molecular weight excluding hydrogens is 425 g/mol. The first-order valence-electron chi connectivity index (χ1n) is 8.11. The maximum absolute atomic E-state index is 6.16. The molecule has 0 saturated heterocycles. The standard InChI is InChI=1S/C17H28ClN3O.HI/c1-3-19-17(20-12-7-8-14-22-4-2)21-13-11-15-9-5-6-10-16(15)18;/h5-6,9-10H,3-4,7-8,11-14H2,1-2H3,(H2,19,20,21);1H. The van der Waals surface area contributed by atoms with Gasteiger partial charge in [0.05, 0.1) is 0 Å². The number of aliphatic imine (C=N–C) groups is 1. The van der Waals surface area contributed by atoms with E-state index < -0.39 is 0 Å². The highest BCUT2D eigenvalue weighted by molar-refractivity contribution is 14.0. The molecule has 0 atom stereocenters. The summed E-state index contributed by atoms with van der Waals surface area (Å²) in [6.07, 6.45) is 2.98. The minimum absolute atomic E-state index is 0. The Balaban J connectivity index is 0.00000484. The minimum Gasteiger partial charge on any atom is -0.382 e. The molecule has 0 amide bonds. The second-order valence-corrected chi connectivity index (χ2v) is 5.34. The summed E-state index contributed by atoms with van der Waals surface area (Å²) < 4.78 is 5.32. The Morgan fingerprint density at radius 3 is 2.65 bits per heavy atom. The van der Waals surface area contributed by atoms with Crippen LogP contribution in [0.3, 0.4) is 0 Å². The molecule has 0 aromatic heterocycles. The lowest BCUT2D eigenvalue weighted by Gasteiger charge is -2.11. The number of hydrogen-bond acceptors (Lipinski definition) is 2. The van der Waals surface area contributed by atoms with E-state index in [2.05, 4.69) is 28.6 Å². The van der Waals surface area contributed by atoms with Gasteiger partial charge in [0.1, 0.15) is 0 Å². The summed E-state index contributed by atoms with van der Waals surface area (Å²) >= 11 is 6.16. The number of guanidine groups is 1. The van der Waals surface area contributed by atoms with E-state index >= 15 is 0 Å². The topological polar surface area (TPSA) is 45.7 Å². The lowest BCUT2D eigenvalue weighted by atomic mass is 10.1. The van der Waals surface area contributed by atoms with Crippen molar-refractivity contribution >= 4 is 41.5 Å². The summed E-state index contributed by atoms with van der Waals surface area (Å²) in [5.74, 6) is 0.867. The molecule has 0 bridgehead atoms. The normalized spacial score (nSPS) is 11.0. The fourth-order valence-electron chi connectivity index (χ4n) is 2.01. The molecule has 0 aliphatic rings. The van der Waals surface area contributed by atoms with Gasteiger partial charge in [0.2, 0.25) is 0 Å². The van der Waals surface area contributed by atoms with Crippen molar-refractivity contribution in [3.63, 3.8) is 0 Å². The van der Waals surface area contributed by atoms with Crippen LogP contribution in [0.2, 0.25) is 5.02 Å². The Morgan fingerprint density at radius 1 is 1.17 bits per heavy atom. The summed E-state index contributed by atoms with van der Waals surface area (Å²) in [5.41, 5.74) is 1.16. The highest BCUT2D eigenvalue weighted by Crippen LogP contribution is 2.14. The number of unbranched alkanes of at least 4 members (excludes halogenated alkanes) is 1. The predicted molar refractivity (Wildman–Crippen MR) is 110 cm³/mol. The Bertz CT molecular complexity index is 444. The molecule has 2 N–H and O–H groups in total. The number of hydrogen-bond donors (Lipinski definition) is 2. The van der Waals surface area contributed by atoms with E-state index in [1.165, 1.54) is 0 Å². The van der Waals surface area contributed by atoms with Crippen molar-refractivity contribution in [1.29, 1.82) is 0 Å². The maximum atomic E-state index is 6.16. The zero-order valence-corrected chi connectivity index (χ0v) is 17.2. The Labute approximate surface area is 162 Å². The van der Waals surface area contributed by atoms with E-state index in [0.717, 1.165) is 68.7 Å². The van der Waals surface area contributed by atoms with E-state index in [1.807, 2.05) is 25.1 Å². The number of ether oxygens (including phenoxy) is 1. The van der Waals surface area contributed by atoms with Crippen LogP contribution >= 0.6 is 35.6 Å². The van der Waals surface area contributed by atoms with E-state index in [0.29, 0.717) is 0 Å². The number of nitrogens with zero attached hydrogens (tertiary/aromatic N) is 1. The van der Waals surface area contributed by atoms with Crippen molar-refractivity contribution in [3.8, 4) is 0 Å². The average Bonchev–Trinajstić information content (AvgIpc) is 2.52. The van der Waals surface area contributed by atoms with Gasteiger partial charge >= 0.3 is 0 Å². The van der Waals surface area contributed by atoms with Crippen LogP contribution in [-0.2, 0) is 11.2 Å². The average molecular weight is 454 g/mol. The Kier molecular flexibility index (Phi) is 14.7. The van der Waals surface area contributed by atoms with Gasteiger partial charge in [0.25, 0.3) is 0 Å². The van der Waals surface area contributed by atoms with Gasteiger partial charge in [0.15, 0.2) is 5.96 Å². The van der Waals surface area contributed by atoms with Crippen LogP contribution < -0.4 is 10.6 Å². The Hall–Kier alpha value is -0.530. The molecule has 0 saturated carbocycles. The van der Waals surface area contributed by atoms with Gasteiger partial charge in [-0.05, 0) is 44.7 Å². The zero-order chi connectivity index (χ0) is 16.0. The lowest BCUT2D eigenvalue weighted by Crippen LogP contribution is -2.38. The molecule has 1 rings (SSSR count). The van der Waals surface area contributed by atoms with Gasteiger partial charge in [-0.1, -0.05) is 29.8 Å². The van der Waals surface area contributed by atoms with Crippen molar-refractivity contribution < 1.29 is 4.74 Å². The predicted octanol–water partition coefficient (Wildman–Crippen LogP) is 3.87. The first-order chi connectivity index (χ1) is 10.8. The zero-order valence-electron chi connectivity index (χ0n) is 14.1. The maximum Gasteiger partial charge on any atom is 0.191 e. The van der Waals surface area contributed by atoms with Gasteiger partial charge in [-0.2, -0.15) is 0 Å². The van der Waals surface area contributed by atoms with Crippen molar-refractivity contribution in [1.82, 2.24) is 10.6 Å². The van der Waals surface area contributed by atoms with E-state index in [9.17, 15) is 0 Å². The van der Waals surface area contributed by atoms with Crippen LogP contribution in [0, 0.1) is 0 Å². The highest BCUT2D eigenvalue weighted by Gasteiger charge is 2.00. The summed E-state index contributed by atoms with van der Waals surface area (Å²) in [7, 11) is 0. The van der Waals surface area contributed by atoms with Gasteiger partial charge in [-0.25, -0.2) is 0 Å². The second kappa shape index (κ2) is 15.0. The summed E-state index contributed by atoms with van der Waals surface area (Å²) in [6.45, 7) is 8.18. The molecule has 4 nitrogen and oxygen atoms in total. The van der Waals surface area contributed by atoms with E-state index in [4.69, 9.17) is 16.3 Å². The summed E-state index contributed by atoms with van der Waals surface area (Å²) in [4.78, 5) is 4.57. The second-order valence-electron chi connectivity index (χ2n) is 4.93. The molecule has 1 aromatic carbocycles. The molecule has 0 fully saturated rings. The molecule has 0 radical (unpaired) electrons. The van der Waals surface area contributed by atoms with Crippen LogP contribution in [0.25, 0.3) is 0 Å². The van der Waals surface area contributed by atoms with Crippen LogP contribution in [0.5, 0.6) is 0 Å². The fraction of sp³-hybridized carbons (Fsp3) is 0.588. The van der Waals surface area contributed by atoms with Crippen LogP contribution in [-0.4, -0.2) is 38.8 Å². The van der Waals surface area contributed by atoms with E-state index in [1.54, 1.807) is 0 Å². The first-order valence-corrected chi connectivity index (χ1v) is 8.49. The SMILES string of the molecule is CCNC(=NCCCCOCC)NCCc1ccccc1Cl.I. The van der Waals surface area contributed by atoms with Gasteiger partial charge in [-0.3, -0.25) is 4.99 Å². The van der Waals surface area contributed by atoms with Gasteiger partial charge in [0, 0.05) is 37.9 Å². The fourth-order valence-corrected chi connectivity index (χ4v) is 2.24. The smallest absolute Gasteiger partial charge is 0.191 e. The Morgan fingerprint density at radius 2 is 1.96 bits per heavy atom. The van der Waals surface area contributed by atoms with Gasteiger partial charge in [-0.15, -0.1) is 24.0 Å². The molecule has 23 heavy (non-hydrogen) atoms. The molecule has 0 spiro atoms. The molecular formula is C17H29ClIN3O. The molecule has 0 heterocycles. The molecule has 0 aliphatic heterocycles. The third kappa shape index (κ3) is 10.8. The number of benzene rings is 1. The summed E-state index contributed by atoms with van der Waals surface area (Å²) in [5, 5.41) is 7.43. The quantitative estimate of drug-likeness (QED) is 0.245. The first kappa shape index (κ1) is 22.5. The molecule has 132 valence electrons. The highest BCUT2D eigenvalue weighted by atomic mass is 127. The van der Waals surface area contributed by atoms with Crippen LogP contribution in [0.1, 0.15) is 32.3 Å². The van der Waals surface area contributed by atoms with E-state index in [-0.39, 0.29) is 24.0 Å². The largest absolute Gasteiger partial charge is 0.382 e. The molecule has 6 heteroatoms. The number of halogens is 2. The van der Waals surface area contributed by atoms with Crippen molar-refractivity contribution in [2.24, 2.45) is 4.99 Å². The van der Waals surface area contributed by atoms with Crippen molar-refractivity contribution in [2.45, 2.75) is 33.1 Å². The molecule has 0 unspecified atom stereocenters. The van der Waals surface area contributed by atoms with Crippen LogP contribution in [0.15, 0.2) is 29.3 Å². The van der Waals surface area contributed by atoms with Crippen molar-refractivity contribution in [2.75, 3.05) is 32.8 Å². The third-order valence-corrected chi connectivity index (χ3v) is 3.53. The number of nitrogens with one attached hydrogen (secondary N) is 2. The third-order valence-electron chi connectivity index (χ3n) is 3.16. The number of rotatable bonds is 10.